The Morgan fingerprint density at radius 1 is 1.04 bits per heavy atom. The number of aromatic nitrogens is 2. The third kappa shape index (κ3) is 10.4. The summed E-state index contributed by atoms with van der Waals surface area (Å²) < 4.78 is 54.0. The number of allylic oxidation sites excluding steroid dienone is 1. The highest BCUT2D eigenvalue weighted by atomic mass is 32.2. The van der Waals surface area contributed by atoms with Crippen LogP contribution in [0.4, 0.5) is 0 Å². The Morgan fingerprint density at radius 2 is 1.81 bits per heavy atom. The molecule has 69 heavy (non-hydrogen) atoms. The summed E-state index contributed by atoms with van der Waals surface area (Å²) in [6.07, 6.45) is 21.0. The number of rotatable bonds is 14. The molecule has 16 nitrogen and oxygen atoms in total. The van der Waals surface area contributed by atoms with Crippen molar-refractivity contribution in [2.75, 3.05) is 37.7 Å². The molecule has 370 valence electrons. The van der Waals surface area contributed by atoms with Gasteiger partial charge < -0.3 is 9.72 Å². The van der Waals surface area contributed by atoms with E-state index in [-0.39, 0.29) is 29.3 Å². The standard InChI is InChI=1S/C51H67N9O7S2/c1-34(2)42-8-3-4-9-43(42)45-10-7-21-59(45)39-29-51(30-39)18-22-58(23-19-51)38-15-16-44(47(27-38)67-40-26-36-17-20-52-48(36)54-32-40)50(61)57-69(65,66)41-28-46(60(62)63)49(55-33-41)53-31-35-11-13-37(14-12-35)56-68(64)24-5-6-25-68/h3-4,8-9,16-17,20,26-28,32-35,37-39,45-46,49,53H,5-7,10-15,18-19,21-25,29-31H2,1-2H3,(H,52,54)(H,57,61)/t35?,37?,38?,45-,46?,49?/m1/s1. The molecule has 2 aromatic heterocycles. The summed E-state index contributed by atoms with van der Waals surface area (Å²) >= 11 is 0. The number of nitrogens with zero attached hydrogens (tertiary/aromatic N) is 6. The van der Waals surface area contributed by atoms with Gasteiger partial charge in [-0.25, -0.2) is 26.7 Å². The molecule has 3 saturated heterocycles. The number of H-pyrrole nitrogens is 1. The van der Waals surface area contributed by atoms with Gasteiger partial charge in [0.2, 0.25) is 0 Å². The number of carbonyl (C=O) groups is 1. The van der Waals surface area contributed by atoms with Crippen LogP contribution >= 0.6 is 0 Å². The predicted molar refractivity (Wildman–Crippen MR) is 268 cm³/mol. The lowest BCUT2D eigenvalue weighted by atomic mass is 9.59. The highest BCUT2D eigenvalue weighted by Crippen LogP contribution is 2.54. The molecule has 1 spiro atoms. The molecule has 3 unspecified atom stereocenters. The minimum atomic E-state index is -4.58. The lowest BCUT2D eigenvalue weighted by Gasteiger charge is -2.56. The van der Waals surface area contributed by atoms with Crippen molar-refractivity contribution in [1.82, 2.24) is 29.8 Å². The Balaban J connectivity index is 0.777. The maximum absolute atomic E-state index is 14.1. The van der Waals surface area contributed by atoms with Gasteiger partial charge in [-0.3, -0.25) is 35.0 Å². The third-order valence-corrected chi connectivity index (χ3v) is 20.0. The van der Waals surface area contributed by atoms with Gasteiger partial charge in [-0.05, 0) is 150 Å². The molecule has 1 aromatic carbocycles. The number of pyridine rings is 1. The molecular weight excluding hydrogens is 915 g/mol. The molecule has 3 aromatic rings. The van der Waals surface area contributed by atoms with Gasteiger partial charge in [0, 0.05) is 74.7 Å². The van der Waals surface area contributed by atoms with Gasteiger partial charge >= 0.3 is 0 Å². The molecular formula is C51H67N9O7S2. The first kappa shape index (κ1) is 47.9. The molecule has 5 fully saturated rings. The average molecular weight is 982 g/mol. The van der Waals surface area contributed by atoms with E-state index in [1.54, 1.807) is 18.5 Å². The van der Waals surface area contributed by atoms with E-state index in [9.17, 15) is 27.5 Å². The quantitative estimate of drug-likeness (QED) is 0.106. The molecule has 10 rings (SSSR count). The molecule has 4 aliphatic heterocycles. The highest BCUT2D eigenvalue weighted by molar-refractivity contribution is 7.94. The van der Waals surface area contributed by atoms with Crippen molar-refractivity contribution in [3.8, 4) is 5.75 Å². The normalized spacial score (nSPS) is 28.5. The predicted octanol–water partition coefficient (Wildman–Crippen LogP) is 7.53. The first-order valence-corrected chi connectivity index (χ1v) is 28.6. The third-order valence-electron chi connectivity index (χ3n) is 16.2. The SMILES string of the molecule is CC(C)c1ccccc1[C@H]1CCCN1C1CC2(CCN(C3C=C(Oc4cnc5[nH]ccc5c4)C(C(=O)NS(=O)(=O)C4=CC([N+](=O)[O-])C(NCC5CCC(N=S6(=O)CCCC6)CC5)N=C4)=CC3)CC2)C1. The van der Waals surface area contributed by atoms with Crippen LogP contribution in [0.15, 0.2) is 92.6 Å². The minimum absolute atomic E-state index is 0.0508. The Hall–Kier alpha value is -4.75. The topological polar surface area (TPSA) is 205 Å². The Morgan fingerprint density at radius 3 is 2.57 bits per heavy atom. The fraction of sp³-hybridized carbons (Fsp3) is 0.588. The second-order valence-corrected chi connectivity index (χ2v) is 25.3. The summed E-state index contributed by atoms with van der Waals surface area (Å²) in [5.41, 5.74) is 4.03. The summed E-state index contributed by atoms with van der Waals surface area (Å²) in [6, 6.07) is 12.3. The molecule has 1 amide bonds. The number of benzene rings is 1. The number of piperidine rings is 1. The van der Waals surface area contributed by atoms with Crippen molar-refractivity contribution in [3.05, 3.63) is 104 Å². The van der Waals surface area contributed by atoms with Crippen LogP contribution in [0, 0.1) is 21.4 Å². The van der Waals surface area contributed by atoms with Crippen molar-refractivity contribution in [3.63, 3.8) is 0 Å². The van der Waals surface area contributed by atoms with Crippen molar-refractivity contribution in [1.29, 1.82) is 0 Å². The molecule has 0 bridgehead atoms. The number of fused-ring (bicyclic) bond motifs is 1. The van der Waals surface area contributed by atoms with Crippen LogP contribution in [0.2, 0.25) is 0 Å². The summed E-state index contributed by atoms with van der Waals surface area (Å²) in [7, 11) is -6.66. The highest BCUT2D eigenvalue weighted by Gasteiger charge is 2.50. The van der Waals surface area contributed by atoms with E-state index >= 15 is 0 Å². The van der Waals surface area contributed by atoms with Crippen LogP contribution in [0.3, 0.4) is 0 Å². The number of carbonyl (C=O) groups excluding carboxylic acids is 1. The van der Waals surface area contributed by atoms with Crippen molar-refractivity contribution < 1.29 is 27.1 Å². The molecule has 2 saturated carbocycles. The van der Waals surface area contributed by atoms with Gasteiger partial charge in [-0.15, -0.1) is 0 Å². The van der Waals surface area contributed by atoms with E-state index in [1.807, 2.05) is 18.2 Å². The Bertz CT molecular complexity index is 2780. The minimum Gasteiger partial charge on any atom is -0.455 e. The van der Waals surface area contributed by atoms with E-state index in [2.05, 4.69) is 72.9 Å². The lowest BCUT2D eigenvalue weighted by molar-refractivity contribution is -0.513. The van der Waals surface area contributed by atoms with Gasteiger partial charge in [0.05, 0.1) is 17.8 Å². The number of aliphatic imine (C=N–C) groups is 1. The monoisotopic (exact) mass is 981 g/mol. The molecule has 3 N–H and O–H groups in total. The number of sulfonamides is 1. The fourth-order valence-electron chi connectivity index (χ4n) is 12.3. The van der Waals surface area contributed by atoms with E-state index in [0.29, 0.717) is 59.3 Å². The largest absolute Gasteiger partial charge is 0.455 e. The van der Waals surface area contributed by atoms with Gasteiger partial charge in [-0.1, -0.05) is 44.2 Å². The summed E-state index contributed by atoms with van der Waals surface area (Å²) in [5, 5.41) is 16.3. The van der Waals surface area contributed by atoms with Crippen LogP contribution in [0.5, 0.6) is 5.75 Å². The zero-order chi connectivity index (χ0) is 47.9. The van der Waals surface area contributed by atoms with Crippen molar-refractivity contribution in [2.45, 2.75) is 140 Å². The molecule has 6 heterocycles. The number of nitrogens with one attached hydrogen (secondary N) is 3. The number of hydrogen-bond donors (Lipinski definition) is 3. The van der Waals surface area contributed by atoms with Gasteiger partial charge in [0.25, 0.3) is 22.0 Å². The second-order valence-electron chi connectivity index (χ2n) is 21.0. The van der Waals surface area contributed by atoms with Crippen LogP contribution < -0.4 is 14.8 Å². The smallest absolute Gasteiger partial charge is 0.268 e. The summed E-state index contributed by atoms with van der Waals surface area (Å²) in [4.78, 5) is 42.5. The molecule has 0 radical (unpaired) electrons. The number of amides is 1. The number of nitro groups is 1. The number of dihydropyridines is 1. The van der Waals surface area contributed by atoms with E-state index in [4.69, 9.17) is 9.10 Å². The maximum Gasteiger partial charge on any atom is 0.268 e. The molecule has 18 heteroatoms. The number of aromatic amines is 1. The first-order valence-electron chi connectivity index (χ1n) is 25.3. The van der Waals surface area contributed by atoms with Crippen LogP contribution in [-0.2, 0) is 24.5 Å². The van der Waals surface area contributed by atoms with Crippen LogP contribution in [-0.4, -0.2) is 117 Å². The number of hydrogen-bond acceptors (Lipinski definition) is 13. The maximum atomic E-state index is 14.1. The Kier molecular flexibility index (Phi) is 13.7. The van der Waals surface area contributed by atoms with E-state index < -0.39 is 47.7 Å². The fourth-order valence-corrected chi connectivity index (χ4v) is 15.8. The van der Waals surface area contributed by atoms with Crippen molar-refractivity contribution >= 4 is 42.9 Å². The summed E-state index contributed by atoms with van der Waals surface area (Å²) in [6.45, 7) is 8.02. The van der Waals surface area contributed by atoms with Crippen LogP contribution in [0.1, 0.15) is 120 Å². The van der Waals surface area contributed by atoms with Crippen LogP contribution in [0.25, 0.3) is 11.0 Å². The molecule has 7 aliphatic rings. The zero-order valence-corrected chi connectivity index (χ0v) is 41.5. The van der Waals surface area contributed by atoms with Crippen molar-refractivity contribution in [2.24, 2.45) is 20.7 Å². The number of ether oxygens (including phenoxy) is 1. The van der Waals surface area contributed by atoms with E-state index in [0.717, 1.165) is 88.7 Å². The molecule has 3 aliphatic carbocycles. The van der Waals surface area contributed by atoms with E-state index in [1.165, 1.54) is 36.8 Å². The molecule has 4 atom stereocenters. The van der Waals surface area contributed by atoms with Gasteiger partial charge in [-0.2, -0.15) is 0 Å². The van der Waals surface area contributed by atoms with Gasteiger partial charge in [0.1, 0.15) is 22.1 Å². The Labute approximate surface area is 406 Å². The zero-order valence-electron chi connectivity index (χ0n) is 39.8. The second kappa shape index (κ2) is 19.8. The first-order chi connectivity index (χ1) is 33.2. The lowest BCUT2D eigenvalue weighted by Crippen LogP contribution is -2.56. The summed E-state index contributed by atoms with van der Waals surface area (Å²) in [5.74, 6) is 1.81. The average Bonchev–Trinajstić information content (AvgIpc) is 4.12. The van der Waals surface area contributed by atoms with Gasteiger partial charge in [0.15, 0.2) is 6.17 Å². The number of likely N-dealkylation sites (tertiary alicyclic amines) is 2.